The van der Waals surface area contributed by atoms with Gasteiger partial charge in [0.25, 0.3) is 0 Å². The van der Waals surface area contributed by atoms with Crippen molar-refractivity contribution >= 4 is 22.6 Å². The van der Waals surface area contributed by atoms with E-state index in [1.54, 1.807) is 0 Å². The lowest BCUT2D eigenvalue weighted by Crippen LogP contribution is -2.07. The van der Waals surface area contributed by atoms with Crippen molar-refractivity contribution in [1.29, 1.82) is 0 Å². The minimum Gasteiger partial charge on any atom is -0.237 e. The van der Waals surface area contributed by atoms with Crippen LogP contribution in [0.1, 0.15) is 5.56 Å². The molecule has 6 heteroatoms. The second kappa shape index (κ2) is 3.34. The number of aromatic nitrogens is 2. The first-order chi connectivity index (χ1) is 6.98. The van der Waals surface area contributed by atoms with E-state index < -0.39 is 16.9 Å². The normalized spacial score (nSPS) is 12.0. The van der Waals surface area contributed by atoms with E-state index >= 15 is 0 Å². The number of nitrogens with zero attached hydrogens (tertiary/aromatic N) is 2. The van der Waals surface area contributed by atoms with E-state index in [4.69, 9.17) is 11.6 Å². The molecule has 15 heavy (non-hydrogen) atoms. The Bertz CT molecular complexity index is 510. The van der Waals surface area contributed by atoms with Gasteiger partial charge >= 0.3 is 6.18 Å². The average Bonchev–Trinajstić information content (AvgIpc) is 2.15. The SMILES string of the molecule is FC(F)(F)c1cc2cccnc2nc1Cl. The van der Waals surface area contributed by atoms with Crippen LogP contribution in [0.3, 0.4) is 0 Å². The molecule has 0 bridgehead atoms. The van der Waals surface area contributed by atoms with Gasteiger partial charge in [0.15, 0.2) is 5.65 Å². The highest BCUT2D eigenvalue weighted by Crippen LogP contribution is 2.34. The summed E-state index contributed by atoms with van der Waals surface area (Å²) in [6.45, 7) is 0. The zero-order chi connectivity index (χ0) is 11.1. The van der Waals surface area contributed by atoms with Gasteiger partial charge in [-0.3, -0.25) is 0 Å². The molecule has 2 rings (SSSR count). The number of fused-ring (bicyclic) bond motifs is 1. The molecule has 0 saturated heterocycles. The quantitative estimate of drug-likeness (QED) is 0.652. The van der Waals surface area contributed by atoms with Gasteiger partial charge < -0.3 is 0 Å². The summed E-state index contributed by atoms with van der Waals surface area (Å²) in [5.41, 5.74) is -0.736. The molecule has 78 valence electrons. The zero-order valence-corrected chi connectivity index (χ0v) is 7.97. The van der Waals surface area contributed by atoms with Crippen LogP contribution in [0.15, 0.2) is 24.4 Å². The van der Waals surface area contributed by atoms with Crippen molar-refractivity contribution in [3.63, 3.8) is 0 Å². The number of halogens is 4. The summed E-state index contributed by atoms with van der Waals surface area (Å²) >= 11 is 5.42. The number of hydrogen-bond acceptors (Lipinski definition) is 2. The van der Waals surface area contributed by atoms with Gasteiger partial charge in [-0.1, -0.05) is 11.6 Å². The minimum absolute atomic E-state index is 0.204. The number of hydrogen-bond donors (Lipinski definition) is 0. The van der Waals surface area contributed by atoms with E-state index in [9.17, 15) is 13.2 Å². The minimum atomic E-state index is -4.49. The molecule has 2 aromatic heterocycles. The van der Waals surface area contributed by atoms with E-state index in [0.717, 1.165) is 6.07 Å². The van der Waals surface area contributed by atoms with Crippen LogP contribution < -0.4 is 0 Å². The Labute approximate surface area is 87.7 Å². The predicted molar refractivity (Wildman–Crippen MR) is 49.6 cm³/mol. The van der Waals surface area contributed by atoms with Crippen molar-refractivity contribution < 1.29 is 13.2 Å². The van der Waals surface area contributed by atoms with Crippen molar-refractivity contribution in [2.45, 2.75) is 6.18 Å². The van der Waals surface area contributed by atoms with E-state index in [-0.39, 0.29) is 5.65 Å². The Hall–Kier alpha value is -1.36. The Kier molecular flexibility index (Phi) is 2.26. The summed E-state index contributed by atoms with van der Waals surface area (Å²) in [5.74, 6) is 0. The molecule has 0 fully saturated rings. The summed E-state index contributed by atoms with van der Waals surface area (Å²) < 4.78 is 37.3. The van der Waals surface area contributed by atoms with Crippen molar-refractivity contribution in [2.75, 3.05) is 0 Å². The molecule has 0 amide bonds. The monoisotopic (exact) mass is 232 g/mol. The van der Waals surface area contributed by atoms with Crippen LogP contribution in [0.2, 0.25) is 5.15 Å². The summed E-state index contributed by atoms with van der Waals surface area (Å²) in [5, 5.41) is -0.261. The molecule has 0 aliphatic heterocycles. The number of pyridine rings is 2. The van der Waals surface area contributed by atoms with Crippen LogP contribution in [0, 0.1) is 0 Å². The summed E-state index contributed by atoms with van der Waals surface area (Å²) in [4.78, 5) is 7.38. The third kappa shape index (κ3) is 1.87. The highest BCUT2D eigenvalue weighted by atomic mass is 35.5. The largest absolute Gasteiger partial charge is 0.419 e. The first-order valence-electron chi connectivity index (χ1n) is 3.97. The van der Waals surface area contributed by atoms with Gasteiger partial charge in [-0.15, -0.1) is 0 Å². The molecule has 2 heterocycles. The van der Waals surface area contributed by atoms with Crippen LogP contribution in [0.25, 0.3) is 11.0 Å². The average molecular weight is 233 g/mol. The van der Waals surface area contributed by atoms with E-state index in [1.807, 2.05) is 0 Å². The maximum atomic E-state index is 12.4. The van der Waals surface area contributed by atoms with Gasteiger partial charge in [0.05, 0.1) is 5.56 Å². The van der Waals surface area contributed by atoms with Gasteiger partial charge in [0.2, 0.25) is 0 Å². The lowest BCUT2D eigenvalue weighted by atomic mass is 10.2. The fourth-order valence-corrected chi connectivity index (χ4v) is 1.42. The molecule has 0 radical (unpaired) electrons. The molecule has 0 unspecified atom stereocenters. The second-order valence-corrected chi connectivity index (χ2v) is 3.23. The fraction of sp³-hybridized carbons (Fsp3) is 0.111. The standard InChI is InChI=1S/C9H4ClF3N2/c10-7-6(9(11,12)13)4-5-2-1-3-14-8(5)15-7/h1-4H. The molecule has 2 nitrogen and oxygen atoms in total. The highest BCUT2D eigenvalue weighted by Gasteiger charge is 2.34. The van der Waals surface area contributed by atoms with Gasteiger partial charge in [-0.25, -0.2) is 9.97 Å². The third-order valence-electron chi connectivity index (χ3n) is 1.85. The first kappa shape index (κ1) is 10.2. The van der Waals surface area contributed by atoms with Crippen molar-refractivity contribution in [2.24, 2.45) is 0 Å². The Balaban J connectivity index is 2.73. The molecule has 0 aliphatic carbocycles. The number of rotatable bonds is 0. The molecular formula is C9H4ClF3N2. The van der Waals surface area contributed by atoms with Crippen LogP contribution in [-0.2, 0) is 6.18 Å². The zero-order valence-electron chi connectivity index (χ0n) is 7.22. The molecule has 0 atom stereocenters. The van der Waals surface area contributed by atoms with Crippen molar-refractivity contribution in [3.8, 4) is 0 Å². The molecular weight excluding hydrogens is 229 g/mol. The van der Waals surface area contributed by atoms with Crippen molar-refractivity contribution in [3.05, 3.63) is 35.1 Å². The third-order valence-corrected chi connectivity index (χ3v) is 2.14. The predicted octanol–water partition coefficient (Wildman–Crippen LogP) is 3.30. The molecule has 0 spiro atoms. The second-order valence-electron chi connectivity index (χ2n) is 2.87. The number of alkyl halides is 3. The fourth-order valence-electron chi connectivity index (χ4n) is 1.18. The van der Waals surface area contributed by atoms with Gasteiger partial charge in [0, 0.05) is 11.6 Å². The van der Waals surface area contributed by atoms with Crippen LogP contribution in [0.4, 0.5) is 13.2 Å². The lowest BCUT2D eigenvalue weighted by Gasteiger charge is -2.08. The van der Waals surface area contributed by atoms with E-state index in [2.05, 4.69) is 9.97 Å². The first-order valence-corrected chi connectivity index (χ1v) is 4.35. The molecule has 0 aliphatic rings. The van der Waals surface area contributed by atoms with Gasteiger partial charge in [0.1, 0.15) is 5.15 Å². The molecule has 0 N–H and O–H groups in total. The summed E-state index contributed by atoms with van der Waals surface area (Å²) in [6.07, 6.45) is -3.05. The van der Waals surface area contributed by atoms with Crippen LogP contribution >= 0.6 is 11.6 Å². The van der Waals surface area contributed by atoms with Crippen molar-refractivity contribution in [1.82, 2.24) is 9.97 Å². The van der Waals surface area contributed by atoms with Gasteiger partial charge in [-0.05, 0) is 18.2 Å². The molecule has 0 aromatic carbocycles. The lowest BCUT2D eigenvalue weighted by molar-refractivity contribution is -0.137. The summed E-state index contributed by atoms with van der Waals surface area (Å²) in [6, 6.07) is 3.98. The topological polar surface area (TPSA) is 25.8 Å². The maximum absolute atomic E-state index is 12.4. The summed E-state index contributed by atoms with van der Waals surface area (Å²) in [7, 11) is 0. The Morgan fingerprint density at radius 1 is 1.27 bits per heavy atom. The van der Waals surface area contributed by atoms with E-state index in [0.29, 0.717) is 5.39 Å². The van der Waals surface area contributed by atoms with Crippen LogP contribution in [0.5, 0.6) is 0 Å². The van der Waals surface area contributed by atoms with Crippen LogP contribution in [-0.4, -0.2) is 9.97 Å². The molecule has 0 saturated carbocycles. The highest BCUT2D eigenvalue weighted by molar-refractivity contribution is 6.30. The maximum Gasteiger partial charge on any atom is 0.419 e. The Morgan fingerprint density at radius 3 is 2.67 bits per heavy atom. The smallest absolute Gasteiger partial charge is 0.237 e. The Morgan fingerprint density at radius 2 is 2.00 bits per heavy atom. The van der Waals surface area contributed by atoms with E-state index in [1.165, 1.54) is 18.3 Å². The molecule has 2 aromatic rings. The van der Waals surface area contributed by atoms with Gasteiger partial charge in [-0.2, -0.15) is 13.2 Å².